The van der Waals surface area contributed by atoms with Crippen LogP contribution >= 0.6 is 15.6 Å². The Balaban J connectivity index is 4.65. The molecular weight excluding hydrogens is 1600 g/mol. The fourth-order valence-electron chi connectivity index (χ4n) is 13.8. The third-order valence-corrected chi connectivity index (χ3v) is 23.3. The Kier molecular flexibility index (Phi) is 94.0. The van der Waals surface area contributed by atoms with Crippen molar-refractivity contribution in [1.82, 2.24) is 0 Å². The van der Waals surface area contributed by atoms with Gasteiger partial charge in [0, 0.05) is 19.3 Å². The van der Waals surface area contributed by atoms with Crippen molar-refractivity contribution >= 4 is 33.6 Å². The van der Waals surface area contributed by atoms with Gasteiger partial charge in [0.25, 0.3) is 0 Å². The van der Waals surface area contributed by atoms with Gasteiger partial charge in [-0.3, -0.25) is 32.5 Å². The summed E-state index contributed by atoms with van der Waals surface area (Å²) in [7, 11) is -9.82. The SMILES string of the molecule is CC/C=C\C/C=C\C/C=C\C/C=C\C/C=C\C/C=C\CCCCCCCCCCCCC(=O)OCC(COP(=O)(O)OCC(O)COP(=O)(O)OCC(O)COC(=O)CCCCCCCCCCCCCCCCC/C=C\C/C=C\C/C=C\C/C=C\CCCCC)OC(=O)CCCCCCCCCCCCCCC/C=C\C/C=C\C/C=C\C/C=C\CCCCC. The van der Waals surface area contributed by atoms with Crippen LogP contribution in [-0.2, 0) is 55.8 Å². The summed E-state index contributed by atoms with van der Waals surface area (Å²) in [6, 6.07) is 0. The molecule has 0 amide bonds. The van der Waals surface area contributed by atoms with Crippen molar-refractivity contribution in [2.24, 2.45) is 0 Å². The minimum Gasteiger partial charge on any atom is -0.463 e. The van der Waals surface area contributed by atoms with Gasteiger partial charge in [-0.1, -0.05) is 422 Å². The molecule has 0 radical (unpaired) electrons. The first-order chi connectivity index (χ1) is 61.2. The molecule has 18 heteroatoms. The zero-order valence-electron chi connectivity index (χ0n) is 79.5. The number of phosphoric acid groups is 2. The van der Waals surface area contributed by atoms with E-state index in [4.69, 9.17) is 32.3 Å². The summed E-state index contributed by atoms with van der Waals surface area (Å²) >= 11 is 0. The molecule has 0 aliphatic heterocycles. The number of hydrogen-bond acceptors (Lipinski definition) is 14. The quantitative estimate of drug-likeness (QED) is 0.0146. The highest BCUT2D eigenvalue weighted by atomic mass is 31.2. The Bertz CT molecular complexity index is 2950. The van der Waals surface area contributed by atoms with Crippen LogP contribution in [0.1, 0.15) is 432 Å². The maximum absolute atomic E-state index is 13.1. The van der Waals surface area contributed by atoms with Gasteiger partial charge in [-0.2, -0.15) is 0 Å². The molecule has 5 unspecified atom stereocenters. The van der Waals surface area contributed by atoms with Gasteiger partial charge in [-0.15, -0.1) is 0 Å². The Morgan fingerprint density at radius 3 is 0.672 bits per heavy atom. The van der Waals surface area contributed by atoms with E-state index in [-0.39, 0.29) is 19.3 Å². The van der Waals surface area contributed by atoms with E-state index in [1.165, 1.54) is 212 Å². The van der Waals surface area contributed by atoms with Crippen molar-refractivity contribution < 1.29 is 75.8 Å². The number of aliphatic hydroxyl groups is 2. The zero-order valence-corrected chi connectivity index (χ0v) is 81.3. The van der Waals surface area contributed by atoms with Gasteiger partial charge in [0.05, 0.1) is 26.4 Å². The van der Waals surface area contributed by atoms with Gasteiger partial charge in [-0.05, 0) is 161 Å². The van der Waals surface area contributed by atoms with Crippen LogP contribution < -0.4 is 0 Å². The van der Waals surface area contributed by atoms with E-state index in [1.54, 1.807) is 0 Å². The predicted octanol–water partition coefficient (Wildman–Crippen LogP) is 31.8. The molecule has 125 heavy (non-hydrogen) atoms. The second kappa shape index (κ2) is 98.0. The molecule has 0 rings (SSSR count). The number of esters is 3. The van der Waals surface area contributed by atoms with Gasteiger partial charge < -0.3 is 34.2 Å². The normalized spacial score (nSPS) is 14.4. The highest BCUT2D eigenvalue weighted by Gasteiger charge is 2.30. The van der Waals surface area contributed by atoms with E-state index in [9.17, 15) is 43.5 Å². The monoisotopic (exact) mass is 1790 g/mol. The van der Waals surface area contributed by atoms with Gasteiger partial charge in [0.2, 0.25) is 0 Å². The highest BCUT2D eigenvalue weighted by molar-refractivity contribution is 7.47. The molecule has 0 aromatic carbocycles. The highest BCUT2D eigenvalue weighted by Crippen LogP contribution is 2.45. The van der Waals surface area contributed by atoms with E-state index in [0.717, 1.165) is 161 Å². The summed E-state index contributed by atoms with van der Waals surface area (Å²) in [6.45, 7) is 2.57. The van der Waals surface area contributed by atoms with Crippen molar-refractivity contribution in [3.63, 3.8) is 0 Å². The summed E-state index contributed by atoms with van der Waals surface area (Å²) in [5, 5.41) is 20.8. The van der Waals surface area contributed by atoms with Crippen LogP contribution in [0.3, 0.4) is 0 Å². The molecule has 5 atom stereocenters. The number of rotatable bonds is 95. The first-order valence-electron chi connectivity index (χ1n) is 50.4. The smallest absolute Gasteiger partial charge is 0.463 e. The molecule has 0 saturated heterocycles. The summed E-state index contributed by atoms with van der Waals surface area (Å²) < 4.78 is 61.7. The molecule has 0 spiro atoms. The van der Waals surface area contributed by atoms with Crippen LogP contribution in [0.4, 0.5) is 0 Å². The molecule has 0 heterocycles. The lowest BCUT2D eigenvalue weighted by molar-refractivity contribution is -0.161. The molecular formula is C107H184O16P2. The second-order valence-electron chi connectivity index (χ2n) is 33.5. The minimum absolute atomic E-state index is 0.0981. The molecule has 0 fully saturated rings. The zero-order chi connectivity index (χ0) is 90.7. The Hall–Kier alpha value is -5.09. The van der Waals surface area contributed by atoms with Crippen molar-refractivity contribution in [3.8, 4) is 0 Å². The van der Waals surface area contributed by atoms with E-state index < -0.39 is 91.5 Å². The van der Waals surface area contributed by atoms with Crippen molar-refractivity contribution in [2.45, 2.75) is 450 Å². The largest absolute Gasteiger partial charge is 0.472 e. The summed E-state index contributed by atoms with van der Waals surface area (Å²) in [4.78, 5) is 59.2. The molecule has 0 aromatic heterocycles. The number of hydrogen-bond donors (Lipinski definition) is 4. The van der Waals surface area contributed by atoms with Crippen LogP contribution in [0, 0.1) is 0 Å². The standard InChI is InChI=1S/C107H184O16P2/c1-4-7-10-13-16-19-22-25-28-31-34-37-40-43-46-49-50-53-55-57-60-63-66-69-72-75-78-81-84-87-90-93-105(110)117-96-102(108)97-119-124(113,114)120-98-103(109)99-121-125(115,116)122-101-104(123-107(112)95-92-89-86-83-80-77-74-71-68-65-62-59-56-52-48-45-42-39-36-33-30-27-24-21-18-15-12-9-6-3)100-118-106(111)94-91-88-85-82-79-76-73-70-67-64-61-58-54-51-47-44-41-38-35-32-29-26-23-20-17-14-11-8-5-2/h8,11,16-21,25-30,34-39,43-48,54,58,102-104,108-109H,4-7,9-10,12-15,22-24,31-33,40-42,49-53,55-57,59-101H2,1-3H3,(H,113,114)(H,115,116)/b11-8-,19-16-,20-17-,21-18-,28-25-,29-26-,30-27-,37-34-,38-35-,39-36-,46-43-,47-44-,48-45-,58-54-. The Morgan fingerprint density at radius 2 is 0.424 bits per heavy atom. The van der Waals surface area contributed by atoms with Gasteiger partial charge in [0.15, 0.2) is 6.10 Å². The lowest BCUT2D eigenvalue weighted by Gasteiger charge is -2.21. The number of phosphoric ester groups is 2. The third-order valence-electron chi connectivity index (χ3n) is 21.4. The summed E-state index contributed by atoms with van der Waals surface area (Å²) in [5.41, 5.74) is 0. The van der Waals surface area contributed by atoms with Crippen LogP contribution in [0.5, 0.6) is 0 Å². The average Bonchev–Trinajstić information content (AvgIpc) is 0.897. The topological polar surface area (TPSA) is 231 Å². The maximum Gasteiger partial charge on any atom is 0.472 e. The molecule has 718 valence electrons. The van der Waals surface area contributed by atoms with Gasteiger partial charge in [-0.25, -0.2) is 9.13 Å². The third kappa shape index (κ3) is 99.3. The van der Waals surface area contributed by atoms with Gasteiger partial charge >= 0.3 is 33.6 Å². The number of unbranched alkanes of at least 4 members (excludes halogenated alkanes) is 44. The molecule has 0 aliphatic rings. The van der Waals surface area contributed by atoms with Crippen LogP contribution in [-0.4, -0.2) is 95.9 Å². The van der Waals surface area contributed by atoms with Crippen LogP contribution in [0.2, 0.25) is 0 Å². The van der Waals surface area contributed by atoms with E-state index in [0.29, 0.717) is 19.3 Å². The maximum atomic E-state index is 13.1. The van der Waals surface area contributed by atoms with E-state index in [2.05, 4.69) is 191 Å². The second-order valence-corrected chi connectivity index (χ2v) is 36.5. The number of aliphatic hydroxyl groups excluding tert-OH is 2. The van der Waals surface area contributed by atoms with E-state index >= 15 is 0 Å². The lowest BCUT2D eigenvalue weighted by atomic mass is 10.0. The van der Waals surface area contributed by atoms with Crippen molar-refractivity contribution in [2.75, 3.05) is 39.6 Å². The molecule has 0 aliphatic carbocycles. The summed E-state index contributed by atoms with van der Waals surface area (Å²) in [5.74, 6) is -1.57. The average molecular weight is 1790 g/mol. The molecule has 4 N–H and O–H groups in total. The number of ether oxygens (including phenoxy) is 3. The van der Waals surface area contributed by atoms with Crippen LogP contribution in [0.25, 0.3) is 0 Å². The fraction of sp³-hybridized carbons (Fsp3) is 0.710. The van der Waals surface area contributed by atoms with Crippen molar-refractivity contribution in [3.05, 3.63) is 170 Å². The summed E-state index contributed by atoms with van der Waals surface area (Å²) in [6.07, 6.45) is 128. The minimum atomic E-state index is -4.95. The molecule has 0 saturated carbocycles. The lowest BCUT2D eigenvalue weighted by Crippen LogP contribution is -2.30. The molecule has 0 bridgehead atoms. The van der Waals surface area contributed by atoms with E-state index in [1.807, 2.05) is 0 Å². The fourth-order valence-corrected chi connectivity index (χ4v) is 15.4. The Labute approximate surface area is 764 Å². The first kappa shape index (κ1) is 120. The number of carbonyl (C=O) groups excluding carboxylic acids is 3. The number of carbonyl (C=O) groups is 3. The number of allylic oxidation sites excluding steroid dienone is 28. The predicted molar refractivity (Wildman–Crippen MR) is 528 cm³/mol. The Morgan fingerprint density at radius 1 is 0.232 bits per heavy atom. The van der Waals surface area contributed by atoms with Crippen molar-refractivity contribution in [1.29, 1.82) is 0 Å². The molecule has 0 aromatic rings. The molecule has 16 nitrogen and oxygen atoms in total. The van der Waals surface area contributed by atoms with Crippen LogP contribution in [0.15, 0.2) is 170 Å². The first-order valence-corrected chi connectivity index (χ1v) is 53.4. The van der Waals surface area contributed by atoms with Gasteiger partial charge in [0.1, 0.15) is 25.4 Å².